The van der Waals surface area contributed by atoms with Crippen LogP contribution in [0.5, 0.6) is 0 Å². The van der Waals surface area contributed by atoms with E-state index < -0.39 is 0 Å². The third-order valence-electron chi connectivity index (χ3n) is 4.24. The Labute approximate surface area is 156 Å². The van der Waals surface area contributed by atoms with Gasteiger partial charge in [0.2, 0.25) is 0 Å². The predicted octanol–water partition coefficient (Wildman–Crippen LogP) is 5.63. The Balaban J connectivity index is 1.84. The van der Waals surface area contributed by atoms with Gasteiger partial charge in [-0.15, -0.1) is 11.3 Å². The fraction of sp³-hybridized carbons (Fsp3) is 0.200. The van der Waals surface area contributed by atoms with Crippen molar-refractivity contribution in [2.24, 2.45) is 5.10 Å². The second-order valence-electron chi connectivity index (χ2n) is 6.18. The molecule has 0 aliphatic heterocycles. The summed E-state index contributed by atoms with van der Waals surface area (Å²) in [6, 6.07) is 12.1. The highest BCUT2D eigenvalue weighted by Crippen LogP contribution is 2.35. The normalized spacial score (nSPS) is 11.8. The molecule has 0 atom stereocenters. The van der Waals surface area contributed by atoms with Crippen molar-refractivity contribution in [2.45, 2.75) is 27.7 Å². The molecule has 1 aromatic heterocycles. The standard InChI is InChI=1S/C20H19ClN2OS/c1-11-5-8-16-17(9-11)25-19(18(16)21)20(24)23-22-14(4)15-7-6-12(2)13(3)10-15/h5-10H,1-4H3,(H,23,24). The minimum atomic E-state index is -0.285. The van der Waals surface area contributed by atoms with Crippen LogP contribution in [0.25, 0.3) is 10.1 Å². The van der Waals surface area contributed by atoms with Crippen LogP contribution in [-0.4, -0.2) is 11.6 Å². The largest absolute Gasteiger partial charge is 0.283 e. The number of aryl methyl sites for hydroxylation is 3. The summed E-state index contributed by atoms with van der Waals surface area (Å²) < 4.78 is 1.00. The zero-order chi connectivity index (χ0) is 18.1. The summed E-state index contributed by atoms with van der Waals surface area (Å²) in [5.74, 6) is -0.285. The van der Waals surface area contributed by atoms with Crippen LogP contribution in [0.4, 0.5) is 0 Å². The van der Waals surface area contributed by atoms with E-state index in [2.05, 4.69) is 36.5 Å². The number of rotatable bonds is 3. The van der Waals surface area contributed by atoms with Crippen LogP contribution in [0.1, 0.15) is 38.8 Å². The second kappa shape index (κ2) is 6.98. The fourth-order valence-corrected chi connectivity index (χ4v) is 4.04. The smallest absolute Gasteiger partial charge is 0.266 e. The monoisotopic (exact) mass is 370 g/mol. The summed E-state index contributed by atoms with van der Waals surface area (Å²) in [5, 5.41) is 5.62. The average Bonchev–Trinajstić information content (AvgIpc) is 2.91. The zero-order valence-electron chi connectivity index (χ0n) is 14.6. The van der Waals surface area contributed by atoms with Gasteiger partial charge in [0.15, 0.2) is 0 Å². The number of carbonyl (C=O) groups excluding carboxylic acids is 1. The fourth-order valence-electron chi connectivity index (χ4n) is 2.53. The van der Waals surface area contributed by atoms with Crippen LogP contribution in [-0.2, 0) is 0 Å². The first-order valence-corrected chi connectivity index (χ1v) is 9.17. The lowest BCUT2D eigenvalue weighted by Gasteiger charge is -2.05. The number of amides is 1. The molecule has 5 heteroatoms. The topological polar surface area (TPSA) is 41.5 Å². The molecule has 0 saturated carbocycles. The van der Waals surface area contributed by atoms with Crippen LogP contribution in [0.3, 0.4) is 0 Å². The molecule has 0 spiro atoms. The van der Waals surface area contributed by atoms with E-state index in [0.717, 1.165) is 26.9 Å². The van der Waals surface area contributed by atoms with Gasteiger partial charge >= 0.3 is 0 Å². The van der Waals surface area contributed by atoms with Gasteiger partial charge < -0.3 is 0 Å². The number of halogens is 1. The lowest BCUT2D eigenvalue weighted by molar-refractivity contribution is 0.0959. The van der Waals surface area contributed by atoms with Gasteiger partial charge in [0.25, 0.3) is 5.91 Å². The summed E-state index contributed by atoms with van der Waals surface area (Å²) in [4.78, 5) is 13.0. The minimum Gasteiger partial charge on any atom is -0.266 e. The van der Waals surface area contributed by atoms with E-state index in [1.54, 1.807) is 0 Å². The molecule has 0 unspecified atom stereocenters. The quantitative estimate of drug-likeness (QED) is 0.470. The Morgan fingerprint density at radius 1 is 1.08 bits per heavy atom. The number of nitrogens with one attached hydrogen (secondary N) is 1. The average molecular weight is 371 g/mol. The number of hydrazone groups is 1. The number of fused-ring (bicyclic) bond motifs is 1. The Kier molecular flexibility index (Phi) is 4.93. The summed E-state index contributed by atoms with van der Waals surface area (Å²) in [6.07, 6.45) is 0. The molecular formula is C20H19ClN2OS. The summed E-state index contributed by atoms with van der Waals surface area (Å²) in [7, 11) is 0. The molecule has 3 rings (SSSR count). The Morgan fingerprint density at radius 2 is 1.84 bits per heavy atom. The third-order valence-corrected chi connectivity index (χ3v) is 5.90. The Morgan fingerprint density at radius 3 is 2.56 bits per heavy atom. The molecule has 0 fully saturated rings. The highest BCUT2D eigenvalue weighted by Gasteiger charge is 2.17. The SMILES string of the molecule is CC(=NNC(=O)c1sc2cc(C)ccc2c1Cl)c1ccc(C)c(C)c1. The molecule has 0 radical (unpaired) electrons. The van der Waals surface area contributed by atoms with E-state index in [4.69, 9.17) is 11.6 Å². The van der Waals surface area contributed by atoms with Gasteiger partial charge in [0, 0.05) is 10.1 Å². The molecule has 128 valence electrons. The van der Waals surface area contributed by atoms with Crippen molar-refractivity contribution in [2.75, 3.05) is 0 Å². The predicted molar refractivity (Wildman–Crippen MR) is 107 cm³/mol. The Hall–Kier alpha value is -2.17. The van der Waals surface area contributed by atoms with Gasteiger partial charge in [-0.25, -0.2) is 5.43 Å². The van der Waals surface area contributed by atoms with Crippen LogP contribution < -0.4 is 5.43 Å². The molecular weight excluding hydrogens is 352 g/mol. The number of hydrogen-bond donors (Lipinski definition) is 1. The van der Waals surface area contributed by atoms with Crippen molar-refractivity contribution < 1.29 is 4.79 Å². The molecule has 3 nitrogen and oxygen atoms in total. The van der Waals surface area contributed by atoms with Crippen LogP contribution in [0.2, 0.25) is 5.02 Å². The third kappa shape index (κ3) is 3.60. The highest BCUT2D eigenvalue weighted by atomic mass is 35.5. The van der Waals surface area contributed by atoms with E-state index >= 15 is 0 Å². The molecule has 0 aliphatic carbocycles. The molecule has 3 aromatic rings. The maximum absolute atomic E-state index is 12.5. The number of benzene rings is 2. The van der Waals surface area contributed by atoms with Crippen LogP contribution in [0, 0.1) is 20.8 Å². The molecule has 2 aromatic carbocycles. The van der Waals surface area contributed by atoms with E-state index in [1.807, 2.05) is 38.1 Å². The van der Waals surface area contributed by atoms with Crippen molar-refractivity contribution in [1.82, 2.24) is 5.43 Å². The van der Waals surface area contributed by atoms with Gasteiger partial charge in [0.1, 0.15) is 4.88 Å². The van der Waals surface area contributed by atoms with Crippen molar-refractivity contribution in [3.63, 3.8) is 0 Å². The number of hydrogen-bond acceptors (Lipinski definition) is 3. The lowest BCUT2D eigenvalue weighted by atomic mass is 10.0. The van der Waals surface area contributed by atoms with Crippen molar-refractivity contribution in [3.05, 3.63) is 68.6 Å². The Bertz CT molecular complexity index is 1000. The summed E-state index contributed by atoms with van der Waals surface area (Å²) >= 11 is 7.76. The highest BCUT2D eigenvalue weighted by molar-refractivity contribution is 7.21. The van der Waals surface area contributed by atoms with Crippen molar-refractivity contribution in [1.29, 1.82) is 0 Å². The number of carbonyl (C=O) groups is 1. The first-order valence-electron chi connectivity index (χ1n) is 7.97. The van der Waals surface area contributed by atoms with Gasteiger partial charge in [-0.1, -0.05) is 35.9 Å². The second-order valence-corrected chi connectivity index (χ2v) is 7.61. The van der Waals surface area contributed by atoms with E-state index in [0.29, 0.717) is 9.90 Å². The van der Waals surface area contributed by atoms with E-state index in [-0.39, 0.29) is 5.91 Å². The van der Waals surface area contributed by atoms with Crippen LogP contribution >= 0.6 is 22.9 Å². The van der Waals surface area contributed by atoms with Crippen molar-refractivity contribution >= 4 is 44.6 Å². The summed E-state index contributed by atoms with van der Waals surface area (Å²) in [6.45, 7) is 8.02. The first kappa shape index (κ1) is 17.6. The van der Waals surface area contributed by atoms with Crippen molar-refractivity contribution in [3.8, 4) is 0 Å². The minimum absolute atomic E-state index is 0.285. The van der Waals surface area contributed by atoms with E-state index in [1.165, 1.54) is 22.5 Å². The number of thiophene rings is 1. The maximum atomic E-state index is 12.5. The molecule has 1 N–H and O–H groups in total. The number of nitrogens with zero attached hydrogens (tertiary/aromatic N) is 1. The van der Waals surface area contributed by atoms with Crippen LogP contribution in [0.15, 0.2) is 41.5 Å². The maximum Gasteiger partial charge on any atom is 0.283 e. The van der Waals surface area contributed by atoms with E-state index in [9.17, 15) is 4.79 Å². The molecule has 0 aliphatic rings. The lowest BCUT2D eigenvalue weighted by Crippen LogP contribution is -2.18. The molecule has 0 bridgehead atoms. The van der Waals surface area contributed by atoms with Gasteiger partial charge in [-0.3, -0.25) is 4.79 Å². The zero-order valence-corrected chi connectivity index (χ0v) is 16.2. The molecule has 25 heavy (non-hydrogen) atoms. The molecule has 1 amide bonds. The van der Waals surface area contributed by atoms with Gasteiger partial charge in [-0.05, 0) is 62.1 Å². The molecule has 0 saturated heterocycles. The van der Waals surface area contributed by atoms with Gasteiger partial charge in [0.05, 0.1) is 10.7 Å². The van der Waals surface area contributed by atoms with Gasteiger partial charge in [-0.2, -0.15) is 5.10 Å². The molecule has 1 heterocycles. The summed E-state index contributed by atoms with van der Waals surface area (Å²) in [5.41, 5.74) is 7.93. The first-order chi connectivity index (χ1) is 11.9.